The summed E-state index contributed by atoms with van der Waals surface area (Å²) in [6.45, 7) is 6.93. The van der Waals surface area contributed by atoms with Gasteiger partial charge < -0.3 is 4.84 Å². The second-order valence-corrected chi connectivity index (χ2v) is 6.04. The Morgan fingerprint density at radius 2 is 2.20 bits per heavy atom. The number of oxime groups is 1. The first kappa shape index (κ1) is 9.44. The summed E-state index contributed by atoms with van der Waals surface area (Å²) in [5, 5.41) is 4.30. The molecule has 0 radical (unpaired) electrons. The van der Waals surface area contributed by atoms with Gasteiger partial charge in [-0.15, -0.1) is 0 Å². The van der Waals surface area contributed by atoms with Crippen LogP contribution in [0.1, 0.15) is 40.0 Å². The number of rotatable bonds is 0. The van der Waals surface area contributed by atoms with Crippen molar-refractivity contribution < 1.29 is 4.84 Å². The van der Waals surface area contributed by atoms with E-state index < -0.39 is 0 Å². The standard InChI is InChI=1S/C13H19NO/c1-12(2)7-4-5-10-11-9(12)6-8-13(11,3)15-14-10/h4,7,9,11H,5-6,8H2,1-3H3/t9-,11+,13+/m1/s1. The SMILES string of the molecule is CC1(C)C=CCC2=NO[C@@]3(C)CC[C@@H]1[C@@H]23. The summed E-state index contributed by atoms with van der Waals surface area (Å²) in [6, 6.07) is 0. The zero-order valence-corrected chi connectivity index (χ0v) is 9.79. The highest BCUT2D eigenvalue weighted by molar-refractivity contribution is 5.90. The second kappa shape index (κ2) is 2.66. The van der Waals surface area contributed by atoms with E-state index in [1.807, 2.05) is 0 Å². The molecule has 0 bridgehead atoms. The smallest absolute Gasteiger partial charge is 0.143 e. The molecule has 15 heavy (non-hydrogen) atoms. The van der Waals surface area contributed by atoms with Crippen LogP contribution in [0.5, 0.6) is 0 Å². The minimum atomic E-state index is 0.00326. The summed E-state index contributed by atoms with van der Waals surface area (Å²) >= 11 is 0. The predicted molar refractivity (Wildman–Crippen MR) is 60.7 cm³/mol. The second-order valence-electron chi connectivity index (χ2n) is 6.04. The molecule has 2 heteroatoms. The van der Waals surface area contributed by atoms with Crippen molar-refractivity contribution in [3.63, 3.8) is 0 Å². The molecule has 0 amide bonds. The molecule has 0 aromatic carbocycles. The van der Waals surface area contributed by atoms with Gasteiger partial charge in [0, 0.05) is 12.3 Å². The summed E-state index contributed by atoms with van der Waals surface area (Å²) in [4.78, 5) is 5.68. The van der Waals surface area contributed by atoms with E-state index in [4.69, 9.17) is 4.84 Å². The van der Waals surface area contributed by atoms with Gasteiger partial charge in [-0.3, -0.25) is 0 Å². The van der Waals surface area contributed by atoms with Crippen molar-refractivity contribution in [1.82, 2.24) is 0 Å². The number of hydrogen-bond acceptors (Lipinski definition) is 2. The molecule has 0 N–H and O–H groups in total. The lowest BCUT2D eigenvalue weighted by Crippen LogP contribution is -2.37. The van der Waals surface area contributed by atoms with Crippen molar-refractivity contribution in [2.24, 2.45) is 22.4 Å². The fraction of sp³-hybridized carbons (Fsp3) is 0.769. The molecule has 1 aliphatic heterocycles. The lowest BCUT2D eigenvalue weighted by atomic mass is 9.71. The lowest BCUT2D eigenvalue weighted by molar-refractivity contribution is -0.0238. The Balaban J connectivity index is 2.07. The molecule has 1 saturated carbocycles. The molecule has 0 saturated heterocycles. The molecule has 3 rings (SSSR count). The lowest BCUT2D eigenvalue weighted by Gasteiger charge is -2.33. The molecule has 2 aliphatic carbocycles. The number of nitrogens with zero attached hydrogens (tertiary/aromatic N) is 1. The molecule has 0 aromatic rings. The Labute approximate surface area is 91.4 Å². The molecular weight excluding hydrogens is 186 g/mol. The van der Waals surface area contributed by atoms with Crippen molar-refractivity contribution in [3.8, 4) is 0 Å². The van der Waals surface area contributed by atoms with Gasteiger partial charge in [0.15, 0.2) is 0 Å². The zero-order chi connectivity index (χ0) is 10.7. The first-order valence-corrected chi connectivity index (χ1v) is 5.96. The van der Waals surface area contributed by atoms with Gasteiger partial charge in [-0.1, -0.05) is 31.2 Å². The highest BCUT2D eigenvalue weighted by Gasteiger charge is 2.57. The van der Waals surface area contributed by atoms with Crippen LogP contribution in [0.25, 0.3) is 0 Å². The van der Waals surface area contributed by atoms with Crippen LogP contribution in [0, 0.1) is 17.3 Å². The monoisotopic (exact) mass is 205 g/mol. The van der Waals surface area contributed by atoms with Gasteiger partial charge in [0.05, 0.1) is 5.71 Å². The average molecular weight is 205 g/mol. The van der Waals surface area contributed by atoms with Gasteiger partial charge in [0.2, 0.25) is 0 Å². The largest absolute Gasteiger partial charge is 0.389 e. The van der Waals surface area contributed by atoms with Crippen LogP contribution in [0.15, 0.2) is 17.3 Å². The third-order valence-electron chi connectivity index (χ3n) is 4.57. The topological polar surface area (TPSA) is 21.6 Å². The van der Waals surface area contributed by atoms with E-state index in [-0.39, 0.29) is 5.60 Å². The van der Waals surface area contributed by atoms with Gasteiger partial charge in [-0.25, -0.2) is 0 Å². The van der Waals surface area contributed by atoms with Crippen LogP contribution in [-0.4, -0.2) is 11.3 Å². The van der Waals surface area contributed by atoms with Crippen molar-refractivity contribution in [2.45, 2.75) is 45.6 Å². The van der Waals surface area contributed by atoms with Gasteiger partial charge >= 0.3 is 0 Å². The first-order chi connectivity index (χ1) is 7.03. The Hall–Kier alpha value is -0.790. The van der Waals surface area contributed by atoms with Crippen molar-refractivity contribution in [3.05, 3.63) is 12.2 Å². The van der Waals surface area contributed by atoms with Crippen LogP contribution in [-0.2, 0) is 4.84 Å². The molecular formula is C13H19NO. The van der Waals surface area contributed by atoms with E-state index in [1.165, 1.54) is 12.1 Å². The van der Waals surface area contributed by atoms with E-state index in [1.54, 1.807) is 0 Å². The molecule has 3 atom stereocenters. The Morgan fingerprint density at radius 1 is 1.40 bits per heavy atom. The van der Waals surface area contributed by atoms with Gasteiger partial charge in [0.1, 0.15) is 5.60 Å². The van der Waals surface area contributed by atoms with E-state index in [0.717, 1.165) is 12.8 Å². The summed E-state index contributed by atoms with van der Waals surface area (Å²) in [7, 11) is 0. The minimum absolute atomic E-state index is 0.00326. The quantitative estimate of drug-likeness (QED) is 0.557. The molecule has 1 heterocycles. The molecule has 1 fully saturated rings. The Morgan fingerprint density at radius 3 is 3.00 bits per heavy atom. The Bertz CT molecular complexity index is 356. The molecule has 82 valence electrons. The zero-order valence-electron chi connectivity index (χ0n) is 9.79. The third kappa shape index (κ3) is 1.14. The molecule has 0 spiro atoms. The van der Waals surface area contributed by atoms with Crippen LogP contribution in [0.4, 0.5) is 0 Å². The predicted octanol–water partition coefficient (Wildman–Crippen LogP) is 3.14. The highest BCUT2D eigenvalue weighted by atomic mass is 16.7. The van der Waals surface area contributed by atoms with Crippen LogP contribution in [0.2, 0.25) is 0 Å². The van der Waals surface area contributed by atoms with E-state index >= 15 is 0 Å². The molecule has 0 unspecified atom stereocenters. The minimum Gasteiger partial charge on any atom is -0.389 e. The van der Waals surface area contributed by atoms with Crippen LogP contribution in [0.3, 0.4) is 0 Å². The maximum atomic E-state index is 5.68. The van der Waals surface area contributed by atoms with Gasteiger partial charge in [-0.2, -0.15) is 0 Å². The highest BCUT2D eigenvalue weighted by Crippen LogP contribution is 2.55. The number of allylic oxidation sites excluding steroid dienone is 2. The number of hydrogen-bond donors (Lipinski definition) is 0. The van der Waals surface area contributed by atoms with Crippen molar-refractivity contribution >= 4 is 5.71 Å². The molecule has 2 nitrogen and oxygen atoms in total. The maximum absolute atomic E-state index is 5.68. The van der Waals surface area contributed by atoms with E-state index in [9.17, 15) is 0 Å². The Kier molecular flexibility index (Phi) is 1.67. The summed E-state index contributed by atoms with van der Waals surface area (Å²) in [5.74, 6) is 1.27. The van der Waals surface area contributed by atoms with Crippen LogP contribution >= 0.6 is 0 Å². The summed E-state index contributed by atoms with van der Waals surface area (Å²) in [6.07, 6.45) is 8.07. The van der Waals surface area contributed by atoms with E-state index in [0.29, 0.717) is 17.3 Å². The normalized spacial score (nSPS) is 45.7. The maximum Gasteiger partial charge on any atom is 0.143 e. The third-order valence-corrected chi connectivity index (χ3v) is 4.57. The van der Waals surface area contributed by atoms with Gasteiger partial charge in [0.25, 0.3) is 0 Å². The van der Waals surface area contributed by atoms with Gasteiger partial charge in [-0.05, 0) is 31.1 Å². The summed E-state index contributed by atoms with van der Waals surface area (Å²) < 4.78 is 0. The fourth-order valence-corrected chi connectivity index (χ4v) is 3.67. The molecule has 0 aromatic heterocycles. The molecule has 3 aliphatic rings. The van der Waals surface area contributed by atoms with E-state index in [2.05, 4.69) is 38.1 Å². The summed E-state index contributed by atoms with van der Waals surface area (Å²) in [5.41, 5.74) is 1.58. The fourth-order valence-electron chi connectivity index (χ4n) is 3.67. The van der Waals surface area contributed by atoms with Crippen molar-refractivity contribution in [1.29, 1.82) is 0 Å². The first-order valence-electron chi connectivity index (χ1n) is 5.96. The van der Waals surface area contributed by atoms with Crippen molar-refractivity contribution in [2.75, 3.05) is 0 Å². The average Bonchev–Trinajstić information content (AvgIpc) is 2.57. The van der Waals surface area contributed by atoms with Crippen LogP contribution < -0.4 is 0 Å².